The van der Waals surface area contributed by atoms with Crippen LogP contribution in [0, 0.1) is 17.3 Å². The third-order valence-electron chi connectivity index (χ3n) is 4.34. The largest absolute Gasteiger partial charge is 0.377 e. The molecule has 0 radical (unpaired) electrons. The van der Waals surface area contributed by atoms with E-state index >= 15 is 0 Å². The third-order valence-corrected chi connectivity index (χ3v) is 4.34. The molecule has 1 saturated carbocycles. The van der Waals surface area contributed by atoms with Crippen molar-refractivity contribution in [2.75, 3.05) is 19.7 Å². The van der Waals surface area contributed by atoms with Crippen LogP contribution < -0.4 is 5.32 Å². The van der Waals surface area contributed by atoms with Crippen LogP contribution in [0.4, 0.5) is 0 Å². The van der Waals surface area contributed by atoms with Gasteiger partial charge in [0.05, 0.1) is 6.10 Å². The Morgan fingerprint density at radius 2 is 2.13 bits per heavy atom. The topological polar surface area (TPSA) is 21.3 Å². The smallest absolute Gasteiger partial charge is 0.0674 e. The van der Waals surface area contributed by atoms with Gasteiger partial charge in [-0.15, -0.1) is 0 Å². The predicted octanol–water partition coefficient (Wildman–Crippen LogP) is 2.44. The number of ether oxygens (including phenoxy) is 1. The van der Waals surface area contributed by atoms with Gasteiger partial charge in [0.1, 0.15) is 0 Å². The SMILES string of the molecule is CCNCC1(C(C)C)CCOC1C1CC1. The van der Waals surface area contributed by atoms with E-state index in [9.17, 15) is 0 Å². The summed E-state index contributed by atoms with van der Waals surface area (Å²) in [5.74, 6) is 1.60. The molecule has 2 unspecified atom stereocenters. The van der Waals surface area contributed by atoms with Gasteiger partial charge in [-0.25, -0.2) is 0 Å². The van der Waals surface area contributed by atoms with Crippen LogP contribution in [0.3, 0.4) is 0 Å². The predicted molar refractivity (Wildman–Crippen MR) is 62.9 cm³/mol. The molecule has 0 aromatic heterocycles. The van der Waals surface area contributed by atoms with Gasteiger partial charge in [0.2, 0.25) is 0 Å². The van der Waals surface area contributed by atoms with Gasteiger partial charge in [0.15, 0.2) is 0 Å². The summed E-state index contributed by atoms with van der Waals surface area (Å²) < 4.78 is 6.01. The molecular weight excluding hydrogens is 186 g/mol. The van der Waals surface area contributed by atoms with Gasteiger partial charge in [-0.3, -0.25) is 0 Å². The molecule has 0 bridgehead atoms. The van der Waals surface area contributed by atoms with Gasteiger partial charge in [0, 0.05) is 18.6 Å². The van der Waals surface area contributed by atoms with E-state index in [-0.39, 0.29) is 0 Å². The number of nitrogens with one attached hydrogen (secondary N) is 1. The Hall–Kier alpha value is -0.0800. The molecule has 1 aliphatic carbocycles. The van der Waals surface area contributed by atoms with Crippen LogP contribution in [0.25, 0.3) is 0 Å². The summed E-state index contributed by atoms with van der Waals surface area (Å²) >= 11 is 0. The zero-order valence-electron chi connectivity index (χ0n) is 10.4. The van der Waals surface area contributed by atoms with Crippen molar-refractivity contribution in [1.82, 2.24) is 5.32 Å². The van der Waals surface area contributed by atoms with Crippen LogP contribution in [0.5, 0.6) is 0 Å². The molecule has 2 nitrogen and oxygen atoms in total. The maximum Gasteiger partial charge on any atom is 0.0674 e. The molecule has 2 fully saturated rings. The first-order valence-electron chi connectivity index (χ1n) is 6.53. The molecule has 88 valence electrons. The van der Waals surface area contributed by atoms with Crippen LogP contribution in [0.2, 0.25) is 0 Å². The fourth-order valence-electron chi connectivity index (χ4n) is 3.06. The third kappa shape index (κ3) is 2.07. The Morgan fingerprint density at radius 3 is 2.67 bits per heavy atom. The molecule has 2 atom stereocenters. The number of hydrogen-bond acceptors (Lipinski definition) is 2. The number of rotatable bonds is 5. The molecule has 2 rings (SSSR count). The minimum Gasteiger partial charge on any atom is -0.377 e. The molecule has 1 heterocycles. The normalized spacial score (nSPS) is 36.4. The Bertz CT molecular complexity index is 213. The van der Waals surface area contributed by atoms with E-state index in [0.717, 1.165) is 31.5 Å². The Labute approximate surface area is 93.8 Å². The summed E-state index contributed by atoms with van der Waals surface area (Å²) in [6, 6.07) is 0. The van der Waals surface area contributed by atoms with Crippen molar-refractivity contribution in [3.63, 3.8) is 0 Å². The summed E-state index contributed by atoms with van der Waals surface area (Å²) in [5, 5.41) is 3.54. The molecule has 0 amide bonds. The van der Waals surface area contributed by atoms with E-state index in [1.165, 1.54) is 19.3 Å². The molecular formula is C13H25NO. The molecule has 2 aliphatic rings. The van der Waals surface area contributed by atoms with Gasteiger partial charge in [-0.05, 0) is 37.6 Å². The highest BCUT2D eigenvalue weighted by atomic mass is 16.5. The van der Waals surface area contributed by atoms with Gasteiger partial charge in [-0.1, -0.05) is 20.8 Å². The minimum absolute atomic E-state index is 0.414. The summed E-state index contributed by atoms with van der Waals surface area (Å²) in [6.07, 6.45) is 4.58. The van der Waals surface area contributed by atoms with Crippen LogP contribution >= 0.6 is 0 Å². The highest BCUT2D eigenvalue weighted by Crippen LogP contribution is 2.51. The molecule has 0 aromatic carbocycles. The summed E-state index contributed by atoms with van der Waals surface area (Å²) in [5.41, 5.74) is 0.414. The summed E-state index contributed by atoms with van der Waals surface area (Å²) in [7, 11) is 0. The molecule has 1 N–H and O–H groups in total. The van der Waals surface area contributed by atoms with E-state index in [4.69, 9.17) is 4.74 Å². The molecule has 2 heteroatoms. The second-order valence-electron chi connectivity index (χ2n) is 5.55. The zero-order chi connectivity index (χ0) is 10.9. The maximum absolute atomic E-state index is 6.01. The first-order chi connectivity index (χ1) is 7.20. The minimum atomic E-state index is 0.414. The van der Waals surface area contributed by atoms with E-state index in [1.54, 1.807) is 0 Å². The van der Waals surface area contributed by atoms with Crippen LogP contribution in [0.15, 0.2) is 0 Å². The van der Waals surface area contributed by atoms with Gasteiger partial charge in [-0.2, -0.15) is 0 Å². The van der Waals surface area contributed by atoms with Gasteiger partial charge >= 0.3 is 0 Å². The van der Waals surface area contributed by atoms with Crippen molar-refractivity contribution in [1.29, 1.82) is 0 Å². The van der Waals surface area contributed by atoms with Crippen molar-refractivity contribution in [3.05, 3.63) is 0 Å². The first-order valence-corrected chi connectivity index (χ1v) is 6.53. The van der Waals surface area contributed by atoms with Crippen LogP contribution in [-0.4, -0.2) is 25.8 Å². The summed E-state index contributed by atoms with van der Waals surface area (Å²) in [4.78, 5) is 0. The lowest BCUT2D eigenvalue weighted by Crippen LogP contribution is -2.45. The monoisotopic (exact) mass is 211 g/mol. The zero-order valence-corrected chi connectivity index (χ0v) is 10.4. The quantitative estimate of drug-likeness (QED) is 0.754. The van der Waals surface area contributed by atoms with Crippen molar-refractivity contribution in [2.24, 2.45) is 17.3 Å². The molecule has 15 heavy (non-hydrogen) atoms. The highest BCUT2D eigenvalue weighted by Gasteiger charge is 2.52. The molecule has 1 saturated heterocycles. The molecule has 0 aromatic rings. The lowest BCUT2D eigenvalue weighted by molar-refractivity contribution is 0.00781. The molecule has 1 aliphatic heterocycles. The van der Waals surface area contributed by atoms with Crippen molar-refractivity contribution < 1.29 is 4.74 Å². The number of hydrogen-bond donors (Lipinski definition) is 1. The van der Waals surface area contributed by atoms with Crippen molar-refractivity contribution in [3.8, 4) is 0 Å². The lowest BCUT2D eigenvalue weighted by atomic mass is 9.70. The fourth-order valence-corrected chi connectivity index (χ4v) is 3.06. The van der Waals surface area contributed by atoms with Gasteiger partial charge < -0.3 is 10.1 Å². The van der Waals surface area contributed by atoms with E-state index in [1.807, 2.05) is 0 Å². The van der Waals surface area contributed by atoms with Crippen molar-refractivity contribution in [2.45, 2.75) is 46.1 Å². The highest BCUT2D eigenvalue weighted by molar-refractivity contribution is 5.01. The first kappa shape index (κ1) is 11.4. The van der Waals surface area contributed by atoms with E-state index < -0.39 is 0 Å². The second-order valence-corrected chi connectivity index (χ2v) is 5.55. The summed E-state index contributed by atoms with van der Waals surface area (Å²) in [6.45, 7) is 10.1. The Balaban J connectivity index is 2.08. The average molecular weight is 211 g/mol. The van der Waals surface area contributed by atoms with Crippen LogP contribution in [-0.2, 0) is 4.74 Å². The van der Waals surface area contributed by atoms with Crippen LogP contribution in [0.1, 0.15) is 40.0 Å². The second kappa shape index (κ2) is 4.42. The van der Waals surface area contributed by atoms with Gasteiger partial charge in [0.25, 0.3) is 0 Å². The average Bonchev–Trinajstić information content (AvgIpc) is 2.96. The standard InChI is InChI=1S/C13H25NO/c1-4-14-9-13(10(2)3)7-8-15-12(13)11-5-6-11/h10-12,14H,4-9H2,1-3H3. The lowest BCUT2D eigenvalue weighted by Gasteiger charge is -2.38. The van der Waals surface area contributed by atoms with E-state index in [0.29, 0.717) is 11.5 Å². The Kier molecular flexibility index (Phi) is 3.36. The Morgan fingerprint density at radius 1 is 1.40 bits per heavy atom. The van der Waals surface area contributed by atoms with E-state index in [2.05, 4.69) is 26.1 Å². The molecule has 0 spiro atoms. The van der Waals surface area contributed by atoms with Crippen molar-refractivity contribution >= 4 is 0 Å². The maximum atomic E-state index is 6.01. The fraction of sp³-hybridized carbons (Fsp3) is 1.00.